The van der Waals surface area contributed by atoms with E-state index in [2.05, 4.69) is 59.4 Å². The second-order valence-corrected chi connectivity index (χ2v) is 7.32. The van der Waals surface area contributed by atoms with E-state index in [0.717, 1.165) is 12.6 Å². The molecule has 1 aromatic rings. The molecule has 0 amide bonds. The average molecular weight is 324 g/mol. The first-order valence-electron chi connectivity index (χ1n) is 8.32. The van der Waals surface area contributed by atoms with Crippen LogP contribution in [0.3, 0.4) is 0 Å². The van der Waals surface area contributed by atoms with Gasteiger partial charge in [-0.15, -0.1) is 12.4 Å². The number of rotatable bonds is 5. The lowest BCUT2D eigenvalue weighted by Gasteiger charge is -2.33. The number of nitrogens with one attached hydrogen (secondary N) is 1. The molecule has 0 spiro atoms. The third kappa shape index (κ3) is 4.45. The van der Waals surface area contributed by atoms with Crippen LogP contribution < -0.4 is 5.32 Å². The zero-order chi connectivity index (χ0) is 14.7. The summed E-state index contributed by atoms with van der Waals surface area (Å²) < 4.78 is 0. The molecular formula is C18H30ClN3. The highest BCUT2D eigenvalue weighted by Crippen LogP contribution is 2.27. The van der Waals surface area contributed by atoms with Gasteiger partial charge in [0.2, 0.25) is 0 Å². The Morgan fingerprint density at radius 2 is 2.09 bits per heavy atom. The highest BCUT2D eigenvalue weighted by atomic mass is 35.5. The molecule has 3 rings (SSSR count). The van der Waals surface area contributed by atoms with E-state index in [1.807, 2.05) is 0 Å². The van der Waals surface area contributed by atoms with E-state index in [1.54, 1.807) is 0 Å². The molecule has 2 saturated heterocycles. The Kier molecular flexibility index (Phi) is 6.27. The molecule has 0 aromatic heterocycles. The Hall–Kier alpha value is -0.610. The van der Waals surface area contributed by atoms with Gasteiger partial charge >= 0.3 is 0 Å². The fourth-order valence-electron chi connectivity index (χ4n) is 3.89. The van der Waals surface area contributed by atoms with E-state index in [4.69, 9.17) is 0 Å². The van der Waals surface area contributed by atoms with Gasteiger partial charge in [-0.25, -0.2) is 0 Å². The molecule has 0 radical (unpaired) electrons. The van der Waals surface area contributed by atoms with E-state index in [1.165, 1.54) is 51.1 Å². The van der Waals surface area contributed by atoms with Crippen LogP contribution in [0.5, 0.6) is 0 Å². The Morgan fingerprint density at radius 1 is 1.32 bits per heavy atom. The van der Waals surface area contributed by atoms with Crippen LogP contribution in [-0.4, -0.2) is 55.6 Å². The van der Waals surface area contributed by atoms with Gasteiger partial charge in [-0.2, -0.15) is 0 Å². The quantitative estimate of drug-likeness (QED) is 0.898. The van der Waals surface area contributed by atoms with Crippen molar-refractivity contribution in [2.75, 3.05) is 39.8 Å². The smallest absolute Gasteiger partial charge is 0.0234 e. The molecule has 0 aliphatic carbocycles. The summed E-state index contributed by atoms with van der Waals surface area (Å²) >= 11 is 0. The number of likely N-dealkylation sites (N-methyl/N-ethyl adjacent to an activating group) is 1. The molecule has 2 heterocycles. The van der Waals surface area contributed by atoms with E-state index in [0.29, 0.717) is 5.41 Å². The van der Waals surface area contributed by atoms with Crippen LogP contribution in [0.4, 0.5) is 0 Å². The molecule has 124 valence electrons. The molecule has 22 heavy (non-hydrogen) atoms. The molecule has 1 aromatic carbocycles. The van der Waals surface area contributed by atoms with E-state index >= 15 is 0 Å². The van der Waals surface area contributed by atoms with Gasteiger partial charge in [-0.1, -0.05) is 37.3 Å². The second-order valence-electron chi connectivity index (χ2n) is 7.32. The van der Waals surface area contributed by atoms with Crippen molar-refractivity contribution in [2.45, 2.75) is 32.4 Å². The van der Waals surface area contributed by atoms with Crippen molar-refractivity contribution >= 4 is 12.4 Å². The average Bonchev–Trinajstić information content (AvgIpc) is 3.09. The minimum Gasteiger partial charge on any atom is -0.316 e. The normalized spacial score (nSPS) is 29.0. The summed E-state index contributed by atoms with van der Waals surface area (Å²) in [5.74, 6) is 0. The van der Waals surface area contributed by atoms with Gasteiger partial charge in [0.25, 0.3) is 0 Å². The molecule has 1 N–H and O–H groups in total. The number of benzene rings is 1. The Labute approximate surface area is 141 Å². The number of hydrogen-bond donors (Lipinski definition) is 1. The maximum absolute atomic E-state index is 3.51. The molecule has 2 aliphatic heterocycles. The van der Waals surface area contributed by atoms with Gasteiger partial charge in [0.15, 0.2) is 0 Å². The molecular weight excluding hydrogens is 294 g/mol. The monoisotopic (exact) mass is 323 g/mol. The predicted molar refractivity (Wildman–Crippen MR) is 95.6 cm³/mol. The first-order chi connectivity index (χ1) is 10.1. The van der Waals surface area contributed by atoms with E-state index < -0.39 is 0 Å². The summed E-state index contributed by atoms with van der Waals surface area (Å²) in [7, 11) is 2.32. The third-order valence-electron chi connectivity index (χ3n) is 5.21. The van der Waals surface area contributed by atoms with E-state index in [-0.39, 0.29) is 12.4 Å². The number of halogens is 1. The minimum absolute atomic E-state index is 0. The second kappa shape index (κ2) is 7.78. The number of hydrogen-bond acceptors (Lipinski definition) is 3. The lowest BCUT2D eigenvalue weighted by molar-refractivity contribution is 0.158. The summed E-state index contributed by atoms with van der Waals surface area (Å²) in [5.41, 5.74) is 1.91. The summed E-state index contributed by atoms with van der Waals surface area (Å²) in [6, 6.07) is 11.6. The van der Waals surface area contributed by atoms with Gasteiger partial charge < -0.3 is 10.2 Å². The van der Waals surface area contributed by atoms with Gasteiger partial charge in [0.05, 0.1) is 0 Å². The zero-order valence-corrected chi connectivity index (χ0v) is 14.7. The maximum atomic E-state index is 3.51. The minimum atomic E-state index is 0. The van der Waals surface area contributed by atoms with Crippen LogP contribution in [0.15, 0.2) is 30.3 Å². The molecule has 3 nitrogen and oxygen atoms in total. The van der Waals surface area contributed by atoms with Gasteiger partial charge in [0, 0.05) is 38.8 Å². The lowest BCUT2D eigenvalue weighted by Crippen LogP contribution is -2.42. The SMILES string of the molecule is CN(CC1(C)CCNC1)C1CCN(Cc2ccccc2)C1.Cl. The summed E-state index contributed by atoms with van der Waals surface area (Å²) in [6.45, 7) is 9.58. The highest BCUT2D eigenvalue weighted by molar-refractivity contribution is 5.85. The van der Waals surface area contributed by atoms with Crippen LogP contribution in [-0.2, 0) is 6.54 Å². The zero-order valence-electron chi connectivity index (χ0n) is 13.9. The van der Waals surface area contributed by atoms with Gasteiger partial charge in [-0.3, -0.25) is 4.90 Å². The Balaban J connectivity index is 0.00000176. The molecule has 2 unspecified atom stereocenters. The highest BCUT2D eigenvalue weighted by Gasteiger charge is 2.33. The number of likely N-dealkylation sites (tertiary alicyclic amines) is 1. The van der Waals surface area contributed by atoms with Crippen LogP contribution in [0.1, 0.15) is 25.3 Å². The predicted octanol–water partition coefficient (Wildman–Crippen LogP) is 2.61. The Morgan fingerprint density at radius 3 is 2.77 bits per heavy atom. The number of nitrogens with zero attached hydrogens (tertiary/aromatic N) is 2. The van der Waals surface area contributed by atoms with Crippen molar-refractivity contribution in [1.29, 1.82) is 0 Å². The van der Waals surface area contributed by atoms with Crippen molar-refractivity contribution in [2.24, 2.45) is 5.41 Å². The largest absolute Gasteiger partial charge is 0.316 e. The molecule has 0 saturated carbocycles. The van der Waals surface area contributed by atoms with Crippen molar-refractivity contribution in [3.8, 4) is 0 Å². The summed E-state index contributed by atoms with van der Waals surface area (Å²) in [4.78, 5) is 5.21. The molecule has 0 bridgehead atoms. The van der Waals surface area contributed by atoms with Crippen LogP contribution >= 0.6 is 12.4 Å². The fraction of sp³-hybridized carbons (Fsp3) is 0.667. The summed E-state index contributed by atoms with van der Waals surface area (Å²) in [6.07, 6.45) is 2.63. The fourth-order valence-corrected chi connectivity index (χ4v) is 3.89. The van der Waals surface area contributed by atoms with Crippen molar-refractivity contribution in [3.05, 3.63) is 35.9 Å². The topological polar surface area (TPSA) is 18.5 Å². The molecule has 4 heteroatoms. The lowest BCUT2D eigenvalue weighted by atomic mass is 9.89. The standard InChI is InChI=1S/C18H29N3.ClH/c1-18(9-10-19-14-18)15-20(2)17-8-11-21(13-17)12-16-6-4-3-5-7-16;/h3-7,17,19H,8-15H2,1-2H3;1H. The van der Waals surface area contributed by atoms with Crippen LogP contribution in [0, 0.1) is 5.41 Å². The molecule has 2 atom stereocenters. The summed E-state index contributed by atoms with van der Waals surface area (Å²) in [5, 5.41) is 3.51. The first-order valence-corrected chi connectivity index (χ1v) is 8.32. The van der Waals surface area contributed by atoms with Crippen LogP contribution in [0.2, 0.25) is 0 Å². The third-order valence-corrected chi connectivity index (χ3v) is 5.21. The van der Waals surface area contributed by atoms with Gasteiger partial charge in [0.1, 0.15) is 0 Å². The van der Waals surface area contributed by atoms with Crippen LogP contribution in [0.25, 0.3) is 0 Å². The Bertz CT molecular complexity index is 445. The maximum Gasteiger partial charge on any atom is 0.0234 e. The molecule has 2 aliphatic rings. The van der Waals surface area contributed by atoms with Crippen molar-refractivity contribution in [1.82, 2.24) is 15.1 Å². The van der Waals surface area contributed by atoms with E-state index in [9.17, 15) is 0 Å². The molecule has 2 fully saturated rings. The van der Waals surface area contributed by atoms with Crippen molar-refractivity contribution in [3.63, 3.8) is 0 Å². The van der Waals surface area contributed by atoms with Gasteiger partial charge in [-0.05, 0) is 37.4 Å². The first kappa shape index (κ1) is 17.7. The van der Waals surface area contributed by atoms with Crippen molar-refractivity contribution < 1.29 is 0 Å².